The number of nitrogens with one attached hydrogen (secondary N) is 1. The largest absolute Gasteiger partial charge is 0.391 e. The number of hydrogen-bond donors (Lipinski definition) is 2. The Kier molecular flexibility index (Phi) is 3.03. The van der Waals surface area contributed by atoms with Crippen LogP contribution in [0.3, 0.4) is 0 Å². The molecule has 2 fully saturated rings. The van der Waals surface area contributed by atoms with Crippen molar-refractivity contribution >= 4 is 5.91 Å². The topological polar surface area (TPSA) is 52.6 Å². The van der Waals surface area contributed by atoms with Gasteiger partial charge < -0.3 is 10.4 Å². The highest BCUT2D eigenvalue weighted by molar-refractivity contribution is 5.78. The molecule has 1 heterocycles. The quantitative estimate of drug-likeness (QED) is 0.609. The van der Waals surface area contributed by atoms with Crippen molar-refractivity contribution in [2.45, 2.75) is 37.8 Å². The van der Waals surface area contributed by atoms with Gasteiger partial charge in [0.25, 0.3) is 0 Å². The average Bonchev–Trinajstić information content (AvgIpc) is 2.18. The van der Waals surface area contributed by atoms with Crippen LogP contribution in [0, 0.1) is 0 Å². The number of aliphatic hydroxyl groups is 1. The predicted molar refractivity (Wildman–Crippen MR) is 52.8 cm³/mol. The number of rotatable bonds is 1. The molecule has 1 aliphatic heterocycles. The summed E-state index contributed by atoms with van der Waals surface area (Å²) in [6, 6.07) is 0.217. The summed E-state index contributed by atoms with van der Waals surface area (Å²) >= 11 is 0. The number of piperazine rings is 1. The first-order valence-corrected chi connectivity index (χ1v) is 5.46. The van der Waals surface area contributed by atoms with Crippen LogP contribution in [0.15, 0.2) is 0 Å². The van der Waals surface area contributed by atoms with Gasteiger partial charge in [-0.05, 0) is 12.8 Å². The molecule has 80 valence electrons. The molecule has 1 amide bonds. The highest BCUT2D eigenvalue weighted by atomic mass is 16.3. The van der Waals surface area contributed by atoms with Gasteiger partial charge in [-0.2, -0.15) is 0 Å². The number of amides is 1. The van der Waals surface area contributed by atoms with Crippen LogP contribution in [0.4, 0.5) is 0 Å². The van der Waals surface area contributed by atoms with Gasteiger partial charge in [0.05, 0.1) is 12.6 Å². The van der Waals surface area contributed by atoms with Gasteiger partial charge in [-0.25, -0.2) is 0 Å². The second-order valence-corrected chi connectivity index (χ2v) is 4.24. The highest BCUT2D eigenvalue weighted by Gasteiger charge is 2.31. The molecule has 0 bridgehead atoms. The summed E-state index contributed by atoms with van der Waals surface area (Å²) in [7, 11) is 0. The van der Waals surface area contributed by atoms with Crippen LogP contribution < -0.4 is 5.32 Å². The first-order chi connectivity index (χ1) is 6.77. The molecule has 2 atom stereocenters. The third-order valence-corrected chi connectivity index (χ3v) is 3.23. The van der Waals surface area contributed by atoms with E-state index >= 15 is 0 Å². The summed E-state index contributed by atoms with van der Waals surface area (Å²) < 4.78 is 0. The van der Waals surface area contributed by atoms with E-state index in [0.717, 1.165) is 32.4 Å². The Labute approximate surface area is 84.3 Å². The predicted octanol–water partition coefficient (Wildman–Crippen LogP) is -0.278. The molecular weight excluding hydrogens is 180 g/mol. The molecule has 0 aromatic rings. The number of carbonyl (C=O) groups is 1. The third-order valence-electron chi connectivity index (χ3n) is 3.23. The van der Waals surface area contributed by atoms with E-state index in [4.69, 9.17) is 0 Å². The molecule has 1 saturated heterocycles. The Balaban J connectivity index is 1.94. The van der Waals surface area contributed by atoms with Gasteiger partial charge in [0.15, 0.2) is 0 Å². The van der Waals surface area contributed by atoms with Crippen LogP contribution in [0.5, 0.6) is 0 Å². The molecule has 2 aliphatic rings. The maximum atomic E-state index is 11.2. The summed E-state index contributed by atoms with van der Waals surface area (Å²) in [6.45, 7) is 2.07. The smallest absolute Gasteiger partial charge is 0.234 e. The minimum absolute atomic E-state index is 0.0917. The van der Waals surface area contributed by atoms with Crippen molar-refractivity contribution in [3.8, 4) is 0 Å². The van der Waals surface area contributed by atoms with E-state index in [0.29, 0.717) is 6.54 Å². The monoisotopic (exact) mass is 198 g/mol. The van der Waals surface area contributed by atoms with E-state index < -0.39 is 0 Å². The fraction of sp³-hybridized carbons (Fsp3) is 0.900. The van der Waals surface area contributed by atoms with Crippen LogP contribution in [-0.2, 0) is 4.79 Å². The Morgan fingerprint density at radius 3 is 2.86 bits per heavy atom. The van der Waals surface area contributed by atoms with Gasteiger partial charge in [-0.3, -0.25) is 9.69 Å². The van der Waals surface area contributed by atoms with E-state index in [-0.39, 0.29) is 18.1 Å². The number of carbonyl (C=O) groups excluding carboxylic acids is 1. The summed E-state index contributed by atoms with van der Waals surface area (Å²) in [5, 5.41) is 12.6. The normalized spacial score (nSPS) is 35.4. The average molecular weight is 198 g/mol. The standard InChI is InChI=1S/C10H18N2O2/c13-9-4-2-1-3-8(9)12-6-5-11-10(14)7-12/h8-9,13H,1-7H2,(H,11,14)/t8-,9+/m1/s1. The van der Waals surface area contributed by atoms with Crippen molar-refractivity contribution in [3.05, 3.63) is 0 Å². The van der Waals surface area contributed by atoms with Crippen molar-refractivity contribution in [2.75, 3.05) is 19.6 Å². The van der Waals surface area contributed by atoms with Crippen LogP contribution in [0.2, 0.25) is 0 Å². The zero-order chi connectivity index (χ0) is 9.97. The molecule has 0 unspecified atom stereocenters. The van der Waals surface area contributed by atoms with Gasteiger partial charge in [-0.15, -0.1) is 0 Å². The lowest BCUT2D eigenvalue weighted by atomic mass is 9.91. The van der Waals surface area contributed by atoms with Gasteiger partial charge in [0, 0.05) is 19.1 Å². The Bertz CT molecular complexity index is 220. The SMILES string of the molecule is O=C1CN([C@@H]2CCCC[C@@H]2O)CCN1. The summed E-state index contributed by atoms with van der Waals surface area (Å²) in [6.07, 6.45) is 4.00. The lowest BCUT2D eigenvalue weighted by molar-refractivity contribution is -0.126. The van der Waals surface area contributed by atoms with Gasteiger partial charge in [0.2, 0.25) is 5.91 Å². The van der Waals surface area contributed by atoms with Gasteiger partial charge >= 0.3 is 0 Å². The van der Waals surface area contributed by atoms with E-state index in [2.05, 4.69) is 10.2 Å². The first kappa shape index (κ1) is 9.93. The van der Waals surface area contributed by atoms with Crippen molar-refractivity contribution in [1.29, 1.82) is 0 Å². The lowest BCUT2D eigenvalue weighted by Crippen LogP contribution is -2.55. The minimum atomic E-state index is -0.227. The molecule has 1 aliphatic carbocycles. The zero-order valence-corrected chi connectivity index (χ0v) is 8.41. The van der Waals surface area contributed by atoms with Gasteiger partial charge in [-0.1, -0.05) is 12.8 Å². The Hall–Kier alpha value is -0.610. The van der Waals surface area contributed by atoms with Crippen LogP contribution in [0.25, 0.3) is 0 Å². The van der Waals surface area contributed by atoms with Crippen LogP contribution in [0.1, 0.15) is 25.7 Å². The zero-order valence-electron chi connectivity index (χ0n) is 8.41. The fourth-order valence-electron chi connectivity index (χ4n) is 2.46. The highest BCUT2D eigenvalue weighted by Crippen LogP contribution is 2.23. The third kappa shape index (κ3) is 2.07. The van der Waals surface area contributed by atoms with Crippen LogP contribution in [-0.4, -0.2) is 47.7 Å². The molecule has 0 aromatic heterocycles. The maximum absolute atomic E-state index is 11.2. The van der Waals surface area contributed by atoms with E-state index in [1.165, 1.54) is 6.42 Å². The maximum Gasteiger partial charge on any atom is 0.234 e. The van der Waals surface area contributed by atoms with E-state index in [9.17, 15) is 9.90 Å². The minimum Gasteiger partial charge on any atom is -0.391 e. The van der Waals surface area contributed by atoms with Crippen molar-refractivity contribution in [1.82, 2.24) is 10.2 Å². The number of hydrogen-bond acceptors (Lipinski definition) is 3. The molecule has 0 spiro atoms. The molecular formula is C10H18N2O2. The summed E-state index contributed by atoms with van der Waals surface area (Å²) in [5.74, 6) is 0.0917. The summed E-state index contributed by atoms with van der Waals surface area (Å²) in [4.78, 5) is 13.3. The molecule has 4 nitrogen and oxygen atoms in total. The van der Waals surface area contributed by atoms with Gasteiger partial charge in [0.1, 0.15) is 0 Å². The summed E-state index contributed by atoms with van der Waals surface area (Å²) in [5.41, 5.74) is 0. The van der Waals surface area contributed by atoms with Crippen LogP contribution >= 0.6 is 0 Å². The molecule has 1 saturated carbocycles. The second-order valence-electron chi connectivity index (χ2n) is 4.24. The molecule has 0 aromatic carbocycles. The molecule has 2 N–H and O–H groups in total. The molecule has 0 radical (unpaired) electrons. The van der Waals surface area contributed by atoms with Crippen molar-refractivity contribution in [3.63, 3.8) is 0 Å². The first-order valence-electron chi connectivity index (χ1n) is 5.46. The Morgan fingerprint density at radius 2 is 2.14 bits per heavy atom. The Morgan fingerprint density at radius 1 is 1.36 bits per heavy atom. The van der Waals surface area contributed by atoms with E-state index in [1.807, 2.05) is 0 Å². The molecule has 4 heteroatoms. The molecule has 2 rings (SSSR count). The fourth-order valence-corrected chi connectivity index (χ4v) is 2.46. The molecule has 14 heavy (non-hydrogen) atoms. The van der Waals surface area contributed by atoms with Crippen molar-refractivity contribution < 1.29 is 9.90 Å². The number of nitrogens with zero attached hydrogens (tertiary/aromatic N) is 1. The lowest BCUT2D eigenvalue weighted by Gasteiger charge is -2.39. The van der Waals surface area contributed by atoms with Crippen molar-refractivity contribution in [2.24, 2.45) is 0 Å². The number of aliphatic hydroxyl groups excluding tert-OH is 1. The van der Waals surface area contributed by atoms with E-state index in [1.54, 1.807) is 0 Å². The second kappa shape index (κ2) is 4.28.